The van der Waals surface area contributed by atoms with Gasteiger partial charge < -0.3 is 10.6 Å². The van der Waals surface area contributed by atoms with Crippen LogP contribution in [0.1, 0.15) is 46.2 Å². The summed E-state index contributed by atoms with van der Waals surface area (Å²) in [5.74, 6) is -0.189. The van der Waals surface area contributed by atoms with Gasteiger partial charge in [0, 0.05) is 10.6 Å². The highest BCUT2D eigenvalue weighted by molar-refractivity contribution is 6.30. The fraction of sp³-hybridized carbons (Fsp3) is 0.556. The lowest BCUT2D eigenvalue weighted by molar-refractivity contribution is -0.126. The molecule has 0 radical (unpaired) electrons. The molecule has 0 saturated heterocycles. The number of nitrogens with zero attached hydrogens (tertiary/aromatic N) is 1. The lowest BCUT2D eigenvalue weighted by Crippen LogP contribution is -2.48. The standard InChI is InChI=1S/C18H28ClN3O2/c1-6-22(12-17(24)21-18(3,4)5)11-16(23)20-13(2)14-7-9-15(19)10-8-14/h7-10,13H,6,11-12H2,1-5H3,(H,20,23)(H,21,24). The summed E-state index contributed by atoms with van der Waals surface area (Å²) in [5.41, 5.74) is 0.711. The minimum absolute atomic E-state index is 0.0806. The summed E-state index contributed by atoms with van der Waals surface area (Å²) in [5, 5.41) is 6.52. The van der Waals surface area contributed by atoms with Gasteiger partial charge in [-0.1, -0.05) is 30.7 Å². The molecule has 0 spiro atoms. The SMILES string of the molecule is CCN(CC(=O)NC(C)c1ccc(Cl)cc1)CC(=O)NC(C)(C)C. The first-order chi connectivity index (χ1) is 11.1. The van der Waals surface area contributed by atoms with Crippen molar-refractivity contribution in [2.45, 2.75) is 46.2 Å². The molecule has 0 aliphatic rings. The van der Waals surface area contributed by atoms with Gasteiger partial charge in [0.2, 0.25) is 11.8 Å². The van der Waals surface area contributed by atoms with Gasteiger partial charge in [-0.3, -0.25) is 14.5 Å². The maximum absolute atomic E-state index is 12.2. The number of hydrogen-bond donors (Lipinski definition) is 2. The summed E-state index contributed by atoms with van der Waals surface area (Å²) in [4.78, 5) is 26.0. The number of halogens is 1. The Morgan fingerprint density at radius 2 is 1.67 bits per heavy atom. The number of likely N-dealkylation sites (N-methyl/N-ethyl adjacent to an activating group) is 1. The largest absolute Gasteiger partial charge is 0.350 e. The summed E-state index contributed by atoms with van der Waals surface area (Å²) in [7, 11) is 0. The summed E-state index contributed by atoms with van der Waals surface area (Å²) >= 11 is 5.87. The molecule has 0 heterocycles. The van der Waals surface area contributed by atoms with E-state index in [0.29, 0.717) is 11.6 Å². The van der Waals surface area contributed by atoms with Crippen molar-refractivity contribution in [2.24, 2.45) is 0 Å². The van der Waals surface area contributed by atoms with E-state index in [9.17, 15) is 9.59 Å². The van der Waals surface area contributed by atoms with E-state index in [4.69, 9.17) is 11.6 Å². The zero-order valence-electron chi connectivity index (χ0n) is 15.1. The van der Waals surface area contributed by atoms with Crippen molar-refractivity contribution in [3.63, 3.8) is 0 Å². The van der Waals surface area contributed by atoms with Crippen LogP contribution in [0.5, 0.6) is 0 Å². The summed E-state index contributed by atoms with van der Waals surface area (Å²) in [6.07, 6.45) is 0. The Balaban J connectivity index is 2.51. The fourth-order valence-corrected chi connectivity index (χ4v) is 2.39. The summed E-state index contributed by atoms with van der Waals surface area (Å²) in [6, 6.07) is 7.27. The molecular formula is C18H28ClN3O2. The molecule has 24 heavy (non-hydrogen) atoms. The molecule has 0 saturated carbocycles. The zero-order valence-corrected chi connectivity index (χ0v) is 15.9. The molecule has 6 heteroatoms. The summed E-state index contributed by atoms with van der Waals surface area (Å²) < 4.78 is 0. The number of carbonyl (C=O) groups excluding carboxylic acids is 2. The first-order valence-electron chi connectivity index (χ1n) is 8.19. The second-order valence-electron chi connectivity index (χ2n) is 6.94. The molecule has 134 valence electrons. The molecule has 0 fully saturated rings. The van der Waals surface area contributed by atoms with Gasteiger partial charge >= 0.3 is 0 Å². The third-order valence-electron chi connectivity index (χ3n) is 3.44. The van der Waals surface area contributed by atoms with E-state index in [1.807, 2.05) is 51.7 Å². The molecule has 5 nitrogen and oxygen atoms in total. The maximum Gasteiger partial charge on any atom is 0.234 e. The van der Waals surface area contributed by atoms with Crippen molar-refractivity contribution in [2.75, 3.05) is 19.6 Å². The topological polar surface area (TPSA) is 61.4 Å². The Morgan fingerprint density at radius 1 is 1.12 bits per heavy atom. The Kier molecular flexibility index (Phi) is 7.70. The second kappa shape index (κ2) is 9.04. The van der Waals surface area contributed by atoms with Gasteiger partial charge in [-0.2, -0.15) is 0 Å². The van der Waals surface area contributed by atoms with E-state index in [1.54, 1.807) is 12.1 Å². The van der Waals surface area contributed by atoms with Crippen molar-refractivity contribution in [3.8, 4) is 0 Å². The molecule has 1 rings (SSSR count). The molecule has 0 aromatic heterocycles. The third-order valence-corrected chi connectivity index (χ3v) is 3.70. The van der Waals surface area contributed by atoms with E-state index in [-0.39, 0.29) is 36.5 Å². The van der Waals surface area contributed by atoms with E-state index in [1.165, 1.54) is 0 Å². The third kappa shape index (κ3) is 7.79. The van der Waals surface area contributed by atoms with Gasteiger partial charge in [-0.05, 0) is 51.9 Å². The van der Waals surface area contributed by atoms with Crippen LogP contribution in [0.4, 0.5) is 0 Å². The van der Waals surface area contributed by atoms with Crippen molar-refractivity contribution in [3.05, 3.63) is 34.9 Å². The van der Waals surface area contributed by atoms with Crippen molar-refractivity contribution in [1.82, 2.24) is 15.5 Å². The van der Waals surface area contributed by atoms with Crippen LogP contribution in [0.3, 0.4) is 0 Å². The molecule has 1 aromatic carbocycles. The number of rotatable bonds is 7. The number of hydrogen-bond acceptors (Lipinski definition) is 3. The Bertz CT molecular complexity index is 552. The highest BCUT2D eigenvalue weighted by Crippen LogP contribution is 2.15. The molecule has 2 N–H and O–H groups in total. The molecule has 0 aliphatic heterocycles. The van der Waals surface area contributed by atoms with Crippen LogP contribution in [0.25, 0.3) is 0 Å². The van der Waals surface area contributed by atoms with E-state index < -0.39 is 0 Å². The Hall–Kier alpha value is -1.59. The van der Waals surface area contributed by atoms with Crippen molar-refractivity contribution >= 4 is 23.4 Å². The molecule has 1 unspecified atom stereocenters. The molecule has 0 bridgehead atoms. The number of benzene rings is 1. The lowest BCUT2D eigenvalue weighted by Gasteiger charge is -2.25. The molecule has 2 amide bonds. The predicted molar refractivity (Wildman–Crippen MR) is 98.0 cm³/mol. The fourth-order valence-electron chi connectivity index (χ4n) is 2.27. The van der Waals surface area contributed by atoms with Crippen molar-refractivity contribution < 1.29 is 9.59 Å². The minimum atomic E-state index is -0.276. The monoisotopic (exact) mass is 353 g/mol. The van der Waals surface area contributed by atoms with E-state index in [2.05, 4.69) is 10.6 Å². The van der Waals surface area contributed by atoms with Crippen LogP contribution in [0, 0.1) is 0 Å². The highest BCUT2D eigenvalue weighted by Gasteiger charge is 2.18. The second-order valence-corrected chi connectivity index (χ2v) is 7.38. The van der Waals surface area contributed by atoms with Gasteiger partial charge in [0.25, 0.3) is 0 Å². The number of amides is 2. The number of carbonyl (C=O) groups is 2. The highest BCUT2D eigenvalue weighted by atomic mass is 35.5. The van der Waals surface area contributed by atoms with E-state index >= 15 is 0 Å². The zero-order chi connectivity index (χ0) is 18.3. The van der Waals surface area contributed by atoms with E-state index in [0.717, 1.165) is 5.56 Å². The molecule has 0 aliphatic carbocycles. The molecule has 1 aromatic rings. The molecule has 1 atom stereocenters. The average molecular weight is 354 g/mol. The van der Waals surface area contributed by atoms with Crippen molar-refractivity contribution in [1.29, 1.82) is 0 Å². The smallest absolute Gasteiger partial charge is 0.234 e. The lowest BCUT2D eigenvalue weighted by atomic mass is 10.1. The van der Waals surface area contributed by atoms with Crippen LogP contribution in [-0.2, 0) is 9.59 Å². The minimum Gasteiger partial charge on any atom is -0.350 e. The first-order valence-corrected chi connectivity index (χ1v) is 8.56. The maximum atomic E-state index is 12.2. The normalized spacial score (nSPS) is 12.8. The average Bonchev–Trinajstić information content (AvgIpc) is 2.44. The Morgan fingerprint density at radius 3 is 2.17 bits per heavy atom. The molecular weight excluding hydrogens is 326 g/mol. The van der Waals surface area contributed by atoms with Gasteiger partial charge in [0.1, 0.15) is 0 Å². The van der Waals surface area contributed by atoms with Crippen LogP contribution >= 0.6 is 11.6 Å². The van der Waals surface area contributed by atoms with Crippen LogP contribution < -0.4 is 10.6 Å². The quantitative estimate of drug-likeness (QED) is 0.792. The van der Waals surface area contributed by atoms with Gasteiger partial charge in [-0.25, -0.2) is 0 Å². The van der Waals surface area contributed by atoms with Gasteiger partial charge in [0.15, 0.2) is 0 Å². The predicted octanol–water partition coefficient (Wildman–Crippen LogP) is 2.75. The Labute approximate surface area is 149 Å². The van der Waals surface area contributed by atoms with Crippen LogP contribution in [-0.4, -0.2) is 41.9 Å². The van der Waals surface area contributed by atoms with Gasteiger partial charge in [0.05, 0.1) is 19.1 Å². The van der Waals surface area contributed by atoms with Gasteiger partial charge in [-0.15, -0.1) is 0 Å². The summed E-state index contributed by atoms with van der Waals surface area (Å²) in [6.45, 7) is 10.7. The number of nitrogens with one attached hydrogen (secondary N) is 2. The van der Waals surface area contributed by atoms with Crippen LogP contribution in [0.15, 0.2) is 24.3 Å². The first kappa shape index (κ1) is 20.5. The van der Waals surface area contributed by atoms with Crippen LogP contribution in [0.2, 0.25) is 5.02 Å².